The highest BCUT2D eigenvalue weighted by Crippen LogP contribution is 2.24. The summed E-state index contributed by atoms with van der Waals surface area (Å²) in [6, 6.07) is 7.12. The number of nitrogens with one attached hydrogen (secondary N) is 1. The molecule has 1 unspecified atom stereocenters. The lowest BCUT2D eigenvalue weighted by Crippen LogP contribution is -2.38. The fraction of sp³-hybridized carbons (Fsp3) is 0.462. The molecule has 0 fully saturated rings. The van der Waals surface area contributed by atoms with Gasteiger partial charge >= 0.3 is 0 Å². The van der Waals surface area contributed by atoms with Gasteiger partial charge in [0.15, 0.2) is 6.10 Å². The number of para-hydroxylation sites is 1. The number of benzene rings is 1. The predicted molar refractivity (Wildman–Crippen MR) is 72.8 cm³/mol. The first-order chi connectivity index (χ1) is 8.69. The Morgan fingerprint density at radius 2 is 2.22 bits per heavy atom. The van der Waals surface area contributed by atoms with Crippen molar-refractivity contribution in [3.05, 3.63) is 29.3 Å². The minimum atomic E-state index is -0.525. The second-order valence-electron chi connectivity index (χ2n) is 3.88. The molecule has 5 heteroatoms. The maximum atomic E-state index is 11.8. The maximum absolute atomic E-state index is 11.8. The van der Waals surface area contributed by atoms with Gasteiger partial charge in [0.05, 0.1) is 5.02 Å². The smallest absolute Gasteiger partial charge is 0.261 e. The molecule has 1 amide bonds. The molecule has 0 saturated heterocycles. The van der Waals surface area contributed by atoms with Crippen molar-refractivity contribution in [3.63, 3.8) is 0 Å². The van der Waals surface area contributed by atoms with Crippen LogP contribution < -0.4 is 15.8 Å². The van der Waals surface area contributed by atoms with Gasteiger partial charge in [-0.15, -0.1) is 0 Å². The average Bonchev–Trinajstić information content (AvgIpc) is 2.38. The first kappa shape index (κ1) is 14.8. The van der Waals surface area contributed by atoms with E-state index in [4.69, 9.17) is 22.1 Å². The summed E-state index contributed by atoms with van der Waals surface area (Å²) in [5.41, 5.74) is 5.37. The largest absolute Gasteiger partial charge is 0.479 e. The molecule has 0 spiro atoms. The number of ether oxygens (including phenoxy) is 1. The Kier molecular flexibility index (Phi) is 6.54. The minimum absolute atomic E-state index is 0.133. The lowest BCUT2D eigenvalue weighted by Gasteiger charge is -2.17. The Morgan fingerprint density at radius 3 is 2.83 bits per heavy atom. The lowest BCUT2D eigenvalue weighted by molar-refractivity contribution is -0.128. The van der Waals surface area contributed by atoms with Gasteiger partial charge in [-0.3, -0.25) is 4.79 Å². The Bertz CT molecular complexity index is 385. The number of hydrogen-bond donors (Lipinski definition) is 2. The minimum Gasteiger partial charge on any atom is -0.479 e. The standard InChI is InChI=1S/C13H19ClN2O2/c1-2-11(13(17)16-9-5-8-15)18-12-7-4-3-6-10(12)14/h3-4,6-7,11H,2,5,8-9,15H2,1H3,(H,16,17). The van der Waals surface area contributed by atoms with Gasteiger partial charge < -0.3 is 15.8 Å². The first-order valence-electron chi connectivity index (χ1n) is 6.08. The van der Waals surface area contributed by atoms with Crippen molar-refractivity contribution in [2.45, 2.75) is 25.9 Å². The van der Waals surface area contributed by atoms with E-state index in [2.05, 4.69) is 5.32 Å². The van der Waals surface area contributed by atoms with Gasteiger partial charge in [0.2, 0.25) is 0 Å². The number of rotatable bonds is 7. The van der Waals surface area contributed by atoms with Crippen LogP contribution in [-0.4, -0.2) is 25.1 Å². The summed E-state index contributed by atoms with van der Waals surface area (Å²) in [6.07, 6.45) is 0.816. The van der Waals surface area contributed by atoms with Crippen molar-refractivity contribution >= 4 is 17.5 Å². The summed E-state index contributed by atoms with van der Waals surface area (Å²) in [7, 11) is 0. The SMILES string of the molecule is CCC(Oc1ccccc1Cl)C(=O)NCCCN. The average molecular weight is 271 g/mol. The molecule has 100 valence electrons. The summed E-state index contributed by atoms with van der Waals surface area (Å²) in [5.74, 6) is 0.394. The van der Waals surface area contributed by atoms with Gasteiger partial charge in [-0.1, -0.05) is 30.7 Å². The van der Waals surface area contributed by atoms with E-state index in [1.165, 1.54) is 0 Å². The fourth-order valence-electron chi connectivity index (χ4n) is 1.44. The van der Waals surface area contributed by atoms with Gasteiger partial charge in [-0.2, -0.15) is 0 Å². The van der Waals surface area contributed by atoms with Crippen molar-refractivity contribution in [2.75, 3.05) is 13.1 Å². The monoisotopic (exact) mass is 270 g/mol. The molecule has 0 aliphatic rings. The Balaban J connectivity index is 2.56. The van der Waals surface area contributed by atoms with Crippen LogP contribution in [0.5, 0.6) is 5.75 Å². The highest BCUT2D eigenvalue weighted by atomic mass is 35.5. The molecule has 0 heterocycles. The van der Waals surface area contributed by atoms with Crippen LogP contribution in [0, 0.1) is 0 Å². The summed E-state index contributed by atoms with van der Waals surface area (Å²) >= 11 is 5.98. The van der Waals surface area contributed by atoms with E-state index in [1.54, 1.807) is 12.1 Å². The zero-order chi connectivity index (χ0) is 13.4. The van der Waals surface area contributed by atoms with E-state index in [0.29, 0.717) is 30.3 Å². The van der Waals surface area contributed by atoms with Gasteiger partial charge in [-0.25, -0.2) is 0 Å². The van der Waals surface area contributed by atoms with E-state index in [1.807, 2.05) is 19.1 Å². The zero-order valence-electron chi connectivity index (χ0n) is 10.5. The number of hydrogen-bond acceptors (Lipinski definition) is 3. The molecule has 1 rings (SSSR count). The Hall–Kier alpha value is -1.26. The van der Waals surface area contributed by atoms with Crippen LogP contribution in [0.3, 0.4) is 0 Å². The summed E-state index contributed by atoms with van der Waals surface area (Å²) < 4.78 is 5.61. The molecule has 1 aromatic rings. The molecule has 4 nitrogen and oxygen atoms in total. The first-order valence-corrected chi connectivity index (χ1v) is 6.45. The maximum Gasteiger partial charge on any atom is 0.261 e. The summed E-state index contributed by atoms with van der Waals surface area (Å²) in [5, 5.41) is 3.29. The van der Waals surface area contributed by atoms with Crippen LogP contribution >= 0.6 is 11.6 Å². The molecule has 0 aliphatic carbocycles. The van der Waals surface area contributed by atoms with E-state index in [0.717, 1.165) is 6.42 Å². The number of halogens is 1. The quantitative estimate of drug-likeness (QED) is 0.745. The second kappa shape index (κ2) is 7.95. The molecule has 0 bridgehead atoms. The normalized spacial score (nSPS) is 11.9. The molecule has 18 heavy (non-hydrogen) atoms. The highest BCUT2D eigenvalue weighted by molar-refractivity contribution is 6.32. The van der Waals surface area contributed by atoms with Gasteiger partial charge in [0, 0.05) is 6.54 Å². The van der Waals surface area contributed by atoms with Crippen molar-refractivity contribution < 1.29 is 9.53 Å². The molecule has 1 aromatic carbocycles. The van der Waals surface area contributed by atoms with Gasteiger partial charge in [-0.05, 0) is 31.5 Å². The third-order valence-electron chi connectivity index (χ3n) is 2.45. The Morgan fingerprint density at radius 1 is 1.50 bits per heavy atom. The second-order valence-corrected chi connectivity index (χ2v) is 4.29. The predicted octanol–water partition coefficient (Wildman–Crippen LogP) is 1.96. The van der Waals surface area contributed by atoms with E-state index in [9.17, 15) is 4.79 Å². The van der Waals surface area contributed by atoms with Crippen LogP contribution in [0.25, 0.3) is 0 Å². The van der Waals surface area contributed by atoms with Crippen LogP contribution in [0.2, 0.25) is 5.02 Å². The van der Waals surface area contributed by atoms with Gasteiger partial charge in [0.25, 0.3) is 5.91 Å². The molecule has 0 aliphatic heterocycles. The number of amides is 1. The van der Waals surface area contributed by atoms with Crippen LogP contribution in [0.15, 0.2) is 24.3 Å². The number of carbonyl (C=O) groups is 1. The molecule has 1 atom stereocenters. The molecular formula is C13H19ClN2O2. The molecular weight excluding hydrogens is 252 g/mol. The summed E-state index contributed by atoms with van der Waals surface area (Å²) in [6.45, 7) is 3.02. The van der Waals surface area contributed by atoms with Gasteiger partial charge in [0.1, 0.15) is 5.75 Å². The number of carbonyl (C=O) groups excluding carboxylic acids is 1. The van der Waals surface area contributed by atoms with Crippen molar-refractivity contribution in [1.82, 2.24) is 5.32 Å². The number of nitrogens with two attached hydrogens (primary N) is 1. The summed E-state index contributed by atoms with van der Waals surface area (Å²) in [4.78, 5) is 11.8. The highest BCUT2D eigenvalue weighted by Gasteiger charge is 2.18. The van der Waals surface area contributed by atoms with Crippen molar-refractivity contribution in [3.8, 4) is 5.75 Å². The van der Waals surface area contributed by atoms with E-state index in [-0.39, 0.29) is 5.91 Å². The molecule has 0 radical (unpaired) electrons. The fourth-order valence-corrected chi connectivity index (χ4v) is 1.62. The Labute approximate surface area is 112 Å². The zero-order valence-corrected chi connectivity index (χ0v) is 11.2. The topological polar surface area (TPSA) is 64.3 Å². The van der Waals surface area contributed by atoms with E-state index >= 15 is 0 Å². The van der Waals surface area contributed by atoms with Crippen molar-refractivity contribution in [2.24, 2.45) is 5.73 Å². The third kappa shape index (κ3) is 4.55. The third-order valence-corrected chi connectivity index (χ3v) is 2.76. The van der Waals surface area contributed by atoms with Crippen LogP contribution in [0.4, 0.5) is 0 Å². The molecule has 0 aromatic heterocycles. The lowest BCUT2D eigenvalue weighted by atomic mass is 10.2. The van der Waals surface area contributed by atoms with E-state index < -0.39 is 6.10 Å². The van der Waals surface area contributed by atoms with Crippen molar-refractivity contribution in [1.29, 1.82) is 0 Å². The van der Waals surface area contributed by atoms with Crippen LogP contribution in [0.1, 0.15) is 19.8 Å². The molecule has 3 N–H and O–H groups in total. The molecule has 0 saturated carbocycles. The van der Waals surface area contributed by atoms with Crippen LogP contribution in [-0.2, 0) is 4.79 Å².